The van der Waals surface area contributed by atoms with Crippen molar-refractivity contribution in [3.63, 3.8) is 0 Å². The number of hydrogen-bond donors (Lipinski definition) is 1. The summed E-state index contributed by atoms with van der Waals surface area (Å²) in [6.07, 6.45) is 10.2. The lowest BCUT2D eigenvalue weighted by atomic mass is 9.87. The Morgan fingerprint density at radius 1 is 1.57 bits per heavy atom. The Bertz CT molecular complexity index is 603. The van der Waals surface area contributed by atoms with Gasteiger partial charge >= 0.3 is 0 Å². The van der Waals surface area contributed by atoms with Crippen LogP contribution in [0.4, 0.5) is 0 Å². The number of amides is 1. The first-order chi connectivity index (χ1) is 10.3. The summed E-state index contributed by atoms with van der Waals surface area (Å²) in [6.45, 7) is 3.65. The number of aromatic nitrogens is 2. The molecular weight excluding hydrogens is 282 g/mol. The first kappa shape index (κ1) is 14.3. The zero-order valence-electron chi connectivity index (χ0n) is 12.3. The van der Waals surface area contributed by atoms with Crippen LogP contribution in [-0.4, -0.2) is 22.0 Å². The van der Waals surface area contributed by atoms with Crippen LogP contribution in [0.1, 0.15) is 39.9 Å². The lowest BCUT2D eigenvalue weighted by Crippen LogP contribution is -2.26. The molecule has 1 amide bonds. The van der Waals surface area contributed by atoms with Gasteiger partial charge in [-0.3, -0.25) is 4.79 Å². The van der Waals surface area contributed by atoms with Gasteiger partial charge in [-0.05, 0) is 36.8 Å². The third-order valence-electron chi connectivity index (χ3n) is 4.20. The van der Waals surface area contributed by atoms with Gasteiger partial charge in [0, 0.05) is 30.4 Å². The minimum Gasteiger partial charge on any atom is -0.350 e. The molecule has 0 saturated carbocycles. The minimum atomic E-state index is 0.0579. The zero-order valence-corrected chi connectivity index (χ0v) is 13.2. The first-order valence-electron chi connectivity index (χ1n) is 7.61. The van der Waals surface area contributed by atoms with Crippen molar-refractivity contribution < 1.29 is 4.79 Å². The molecular formula is C16H21N3OS. The molecule has 4 nitrogen and oxygen atoms in total. The molecule has 3 rings (SSSR count). The van der Waals surface area contributed by atoms with E-state index >= 15 is 0 Å². The molecule has 0 saturated heterocycles. The second kappa shape index (κ2) is 6.43. The summed E-state index contributed by atoms with van der Waals surface area (Å²) in [5.41, 5.74) is 1.40. The molecule has 0 aromatic carbocycles. The fraction of sp³-hybridized carbons (Fsp3) is 0.500. The number of hydrogen-bond acceptors (Lipinski definition) is 3. The number of carbonyl (C=O) groups excluding carboxylic acids is 1. The van der Waals surface area contributed by atoms with E-state index in [9.17, 15) is 4.79 Å². The highest BCUT2D eigenvalue weighted by molar-refractivity contribution is 7.14. The molecule has 0 radical (unpaired) electrons. The average molecular weight is 303 g/mol. The third kappa shape index (κ3) is 3.35. The molecule has 0 aliphatic heterocycles. The highest BCUT2D eigenvalue weighted by Crippen LogP contribution is 2.33. The first-order valence-corrected chi connectivity index (χ1v) is 8.43. The molecule has 112 valence electrons. The van der Waals surface area contributed by atoms with Gasteiger partial charge < -0.3 is 9.88 Å². The van der Waals surface area contributed by atoms with Crippen LogP contribution in [0.25, 0.3) is 0 Å². The van der Waals surface area contributed by atoms with Crippen LogP contribution < -0.4 is 5.32 Å². The summed E-state index contributed by atoms with van der Waals surface area (Å²) in [7, 11) is 0. The van der Waals surface area contributed by atoms with E-state index in [1.165, 1.54) is 23.3 Å². The molecule has 5 heteroatoms. The van der Waals surface area contributed by atoms with Crippen LogP contribution in [-0.2, 0) is 19.4 Å². The summed E-state index contributed by atoms with van der Waals surface area (Å²) < 4.78 is 1.96. The lowest BCUT2D eigenvalue weighted by molar-refractivity contribution is 0.0956. The Hall–Kier alpha value is -1.62. The van der Waals surface area contributed by atoms with E-state index in [0.717, 1.165) is 30.2 Å². The summed E-state index contributed by atoms with van der Waals surface area (Å²) in [5, 5.41) is 2.99. The number of fused-ring (bicyclic) bond motifs is 1. The van der Waals surface area contributed by atoms with E-state index in [-0.39, 0.29) is 5.91 Å². The quantitative estimate of drug-likeness (QED) is 0.923. The van der Waals surface area contributed by atoms with Gasteiger partial charge in [-0.2, -0.15) is 0 Å². The molecule has 2 aromatic heterocycles. The van der Waals surface area contributed by atoms with Crippen molar-refractivity contribution in [2.24, 2.45) is 5.92 Å². The molecule has 1 aliphatic carbocycles. The van der Waals surface area contributed by atoms with Crippen molar-refractivity contribution in [2.45, 2.75) is 39.2 Å². The number of nitrogens with zero attached hydrogens (tertiary/aromatic N) is 2. The topological polar surface area (TPSA) is 46.9 Å². The summed E-state index contributed by atoms with van der Waals surface area (Å²) in [4.78, 5) is 18.5. The lowest BCUT2D eigenvalue weighted by Gasteiger charge is -2.19. The number of aryl methyl sites for hydroxylation is 1. The van der Waals surface area contributed by atoms with Crippen LogP contribution in [0, 0.1) is 5.92 Å². The van der Waals surface area contributed by atoms with Crippen LogP contribution in [0.2, 0.25) is 0 Å². The van der Waals surface area contributed by atoms with Gasteiger partial charge in [-0.15, -0.1) is 11.3 Å². The minimum absolute atomic E-state index is 0.0579. The highest BCUT2D eigenvalue weighted by Gasteiger charge is 2.21. The summed E-state index contributed by atoms with van der Waals surface area (Å²) in [6, 6.07) is 2.11. The maximum atomic E-state index is 12.2. The number of nitrogens with one attached hydrogen (secondary N) is 1. The van der Waals surface area contributed by atoms with Crippen LogP contribution in [0.15, 0.2) is 24.8 Å². The molecule has 1 N–H and O–H groups in total. The van der Waals surface area contributed by atoms with Gasteiger partial charge in [0.15, 0.2) is 0 Å². The number of thiophene rings is 1. The van der Waals surface area contributed by atoms with E-state index in [1.54, 1.807) is 23.9 Å². The monoisotopic (exact) mass is 303 g/mol. The maximum absolute atomic E-state index is 12.2. The molecule has 0 spiro atoms. The van der Waals surface area contributed by atoms with Gasteiger partial charge in [-0.1, -0.05) is 13.3 Å². The van der Waals surface area contributed by atoms with Gasteiger partial charge in [0.1, 0.15) is 0 Å². The van der Waals surface area contributed by atoms with Crippen molar-refractivity contribution in [1.29, 1.82) is 0 Å². The standard InChI is InChI=1S/C16H21N3OS/c1-2-12-3-4-14-13(9-12)10-15(21-14)16(20)18-6-8-19-7-5-17-11-19/h5,7,10-12H,2-4,6,8-9H2,1H3,(H,18,20). The largest absolute Gasteiger partial charge is 0.350 e. The van der Waals surface area contributed by atoms with Gasteiger partial charge in [-0.25, -0.2) is 4.98 Å². The number of carbonyl (C=O) groups is 1. The predicted molar refractivity (Wildman–Crippen MR) is 84.7 cm³/mol. The Labute approximate surface area is 129 Å². The van der Waals surface area contributed by atoms with Gasteiger partial charge in [0.25, 0.3) is 5.91 Å². The SMILES string of the molecule is CCC1CCc2sc(C(=O)NCCn3ccnc3)cc2C1. The van der Waals surface area contributed by atoms with E-state index in [1.807, 2.05) is 10.8 Å². The Kier molecular flexibility index (Phi) is 4.39. The van der Waals surface area contributed by atoms with E-state index in [4.69, 9.17) is 0 Å². The third-order valence-corrected chi connectivity index (χ3v) is 5.44. The van der Waals surface area contributed by atoms with Crippen LogP contribution in [0.3, 0.4) is 0 Å². The fourth-order valence-electron chi connectivity index (χ4n) is 2.86. The van der Waals surface area contributed by atoms with E-state index in [2.05, 4.69) is 23.3 Å². The van der Waals surface area contributed by atoms with Crippen molar-refractivity contribution in [3.8, 4) is 0 Å². The van der Waals surface area contributed by atoms with E-state index in [0.29, 0.717) is 6.54 Å². The van der Waals surface area contributed by atoms with E-state index < -0.39 is 0 Å². The second-order valence-corrected chi connectivity index (χ2v) is 6.77. The maximum Gasteiger partial charge on any atom is 0.261 e. The molecule has 1 atom stereocenters. The van der Waals surface area contributed by atoms with Gasteiger partial charge in [0.05, 0.1) is 11.2 Å². The Morgan fingerprint density at radius 3 is 3.24 bits per heavy atom. The number of rotatable bonds is 5. The molecule has 1 aliphatic rings. The van der Waals surface area contributed by atoms with Crippen molar-refractivity contribution in [1.82, 2.24) is 14.9 Å². The highest BCUT2D eigenvalue weighted by atomic mass is 32.1. The molecule has 0 fully saturated rings. The van der Waals surface area contributed by atoms with Crippen molar-refractivity contribution in [3.05, 3.63) is 40.1 Å². The molecule has 2 heterocycles. The second-order valence-electron chi connectivity index (χ2n) is 5.63. The summed E-state index contributed by atoms with van der Waals surface area (Å²) >= 11 is 1.67. The Morgan fingerprint density at radius 2 is 2.48 bits per heavy atom. The fourth-order valence-corrected chi connectivity index (χ4v) is 3.99. The van der Waals surface area contributed by atoms with Crippen molar-refractivity contribution in [2.75, 3.05) is 6.54 Å². The van der Waals surface area contributed by atoms with Crippen LogP contribution >= 0.6 is 11.3 Å². The normalized spacial score (nSPS) is 17.5. The summed E-state index contributed by atoms with van der Waals surface area (Å²) in [5.74, 6) is 0.854. The van der Waals surface area contributed by atoms with Crippen molar-refractivity contribution >= 4 is 17.2 Å². The zero-order chi connectivity index (χ0) is 14.7. The molecule has 0 bridgehead atoms. The average Bonchev–Trinajstić information content (AvgIpc) is 3.15. The number of imidazole rings is 1. The Balaban J connectivity index is 1.57. The van der Waals surface area contributed by atoms with Gasteiger partial charge in [0.2, 0.25) is 0 Å². The molecule has 21 heavy (non-hydrogen) atoms. The predicted octanol–water partition coefficient (Wildman–Crippen LogP) is 2.89. The van der Waals surface area contributed by atoms with Crippen LogP contribution in [0.5, 0.6) is 0 Å². The molecule has 1 unspecified atom stereocenters. The smallest absolute Gasteiger partial charge is 0.261 e. The molecule has 2 aromatic rings.